The zero-order valence-corrected chi connectivity index (χ0v) is 28.7. The number of aryl methyl sites for hydroxylation is 1. The van der Waals surface area contributed by atoms with E-state index in [1.165, 1.54) is 37.4 Å². The number of hydrogen-bond acceptors (Lipinski definition) is 0. The van der Waals surface area contributed by atoms with Gasteiger partial charge in [0.15, 0.2) is 8.07 Å². The summed E-state index contributed by atoms with van der Waals surface area (Å²) in [5.41, 5.74) is 7.60. The largest absolute Gasteiger partial charge is 0.179 e. The lowest BCUT2D eigenvalue weighted by atomic mass is 10.0. The van der Waals surface area contributed by atoms with Crippen LogP contribution in [0.15, 0.2) is 115 Å². The number of benzene rings is 5. The quantitative estimate of drug-likeness (QED) is 0.166. The highest BCUT2D eigenvalue weighted by atomic mass is 28.3. The third-order valence-corrected chi connectivity index (χ3v) is 17.8. The van der Waals surface area contributed by atoms with E-state index in [1.807, 2.05) is 0 Å². The molecular formula is C38H42Si3. The molecule has 0 N–H and O–H groups in total. The Balaban J connectivity index is 1.77. The molecule has 0 amide bonds. The Kier molecular flexibility index (Phi) is 6.96. The van der Waals surface area contributed by atoms with E-state index in [1.54, 1.807) is 21.5 Å². The lowest BCUT2D eigenvalue weighted by Crippen LogP contribution is -2.75. The Morgan fingerprint density at radius 1 is 0.439 bits per heavy atom. The molecule has 0 radical (unpaired) electrons. The van der Waals surface area contributed by atoms with Gasteiger partial charge in [-0.15, -0.1) is 0 Å². The van der Waals surface area contributed by atoms with Crippen molar-refractivity contribution in [2.24, 2.45) is 0 Å². The minimum Gasteiger partial charge on any atom is -0.0656 e. The molecule has 6 rings (SSSR count). The SMILES string of the molecule is Cc1cc2c(c([Si](C)(C)C)c1)Cc1c-2cc([Si](c2ccccc2)(c2ccccc2)c2ccccc2)cc1[Si](C)(C)C. The Bertz CT molecular complexity index is 1610. The van der Waals surface area contributed by atoms with Crippen molar-refractivity contribution < 1.29 is 0 Å². The first-order valence-corrected chi connectivity index (χ1v) is 24.0. The van der Waals surface area contributed by atoms with Crippen molar-refractivity contribution in [3.8, 4) is 11.1 Å². The van der Waals surface area contributed by atoms with E-state index in [-0.39, 0.29) is 0 Å². The summed E-state index contributed by atoms with van der Waals surface area (Å²) in [6.07, 6.45) is 1.08. The molecular weight excluding hydrogens is 541 g/mol. The highest BCUT2D eigenvalue weighted by molar-refractivity contribution is 7.20. The smallest absolute Gasteiger partial charge is 0.0656 e. The van der Waals surface area contributed by atoms with Crippen LogP contribution in [-0.2, 0) is 6.42 Å². The van der Waals surface area contributed by atoms with E-state index in [2.05, 4.69) is 161 Å². The minimum absolute atomic E-state index is 1.08. The molecule has 5 aromatic rings. The van der Waals surface area contributed by atoms with Crippen molar-refractivity contribution in [1.82, 2.24) is 0 Å². The summed E-state index contributed by atoms with van der Waals surface area (Å²) in [4.78, 5) is 0. The van der Waals surface area contributed by atoms with Gasteiger partial charge in [-0.25, -0.2) is 0 Å². The molecule has 0 aromatic heterocycles. The van der Waals surface area contributed by atoms with Crippen LogP contribution in [0.5, 0.6) is 0 Å². The molecule has 0 saturated heterocycles. The van der Waals surface area contributed by atoms with Gasteiger partial charge in [0.25, 0.3) is 0 Å². The van der Waals surface area contributed by atoms with Gasteiger partial charge in [-0.2, -0.15) is 0 Å². The van der Waals surface area contributed by atoms with Gasteiger partial charge in [0.05, 0.1) is 16.1 Å². The normalized spacial score (nSPS) is 13.1. The van der Waals surface area contributed by atoms with Crippen LogP contribution in [0.25, 0.3) is 11.1 Å². The first-order chi connectivity index (χ1) is 19.5. The van der Waals surface area contributed by atoms with Crippen molar-refractivity contribution in [2.45, 2.75) is 52.6 Å². The van der Waals surface area contributed by atoms with Gasteiger partial charge in [-0.1, -0.05) is 170 Å². The van der Waals surface area contributed by atoms with Crippen LogP contribution in [0.3, 0.4) is 0 Å². The van der Waals surface area contributed by atoms with Gasteiger partial charge < -0.3 is 0 Å². The lowest BCUT2D eigenvalue weighted by Gasteiger charge is -2.36. The van der Waals surface area contributed by atoms with Gasteiger partial charge in [0, 0.05) is 0 Å². The van der Waals surface area contributed by atoms with Crippen molar-refractivity contribution in [2.75, 3.05) is 0 Å². The molecule has 0 nitrogen and oxygen atoms in total. The van der Waals surface area contributed by atoms with E-state index in [9.17, 15) is 0 Å². The van der Waals surface area contributed by atoms with E-state index in [0.29, 0.717) is 0 Å². The molecule has 206 valence electrons. The molecule has 1 aliphatic carbocycles. The fraction of sp³-hybridized carbons (Fsp3) is 0.211. The van der Waals surface area contributed by atoms with Gasteiger partial charge in [0.1, 0.15) is 0 Å². The second kappa shape index (κ2) is 10.2. The van der Waals surface area contributed by atoms with Crippen LogP contribution in [0.1, 0.15) is 16.7 Å². The minimum atomic E-state index is -2.61. The van der Waals surface area contributed by atoms with Crippen molar-refractivity contribution in [1.29, 1.82) is 0 Å². The average molecular weight is 583 g/mol. The predicted octanol–water partition coefficient (Wildman–Crippen LogP) is 6.03. The standard InChI is InChI=1S/C38H42Si3/c1-28-23-33-34-25-32(26-38(40(5,6)7)36(34)27-35(33)37(24-28)39(2,3)4)41(29-17-11-8-12-18-29,30-19-13-9-14-20-30)31-21-15-10-16-22-31/h8-26H,27H2,1-7H3. The molecule has 0 spiro atoms. The molecule has 3 heteroatoms. The maximum Gasteiger partial charge on any atom is 0.179 e. The van der Waals surface area contributed by atoms with Crippen molar-refractivity contribution in [3.05, 3.63) is 132 Å². The molecule has 1 aliphatic rings. The Morgan fingerprint density at radius 3 is 1.24 bits per heavy atom. The van der Waals surface area contributed by atoms with E-state index >= 15 is 0 Å². The molecule has 0 fully saturated rings. The topological polar surface area (TPSA) is 0 Å². The van der Waals surface area contributed by atoms with Crippen LogP contribution >= 0.6 is 0 Å². The molecule has 0 heterocycles. The first-order valence-electron chi connectivity index (χ1n) is 15.0. The summed E-state index contributed by atoms with van der Waals surface area (Å²) in [6.45, 7) is 17.4. The second-order valence-corrected chi connectivity index (χ2v) is 27.8. The highest BCUT2D eigenvalue weighted by Crippen LogP contribution is 2.37. The van der Waals surface area contributed by atoms with Crippen LogP contribution in [0, 0.1) is 6.92 Å². The van der Waals surface area contributed by atoms with Crippen molar-refractivity contribution in [3.63, 3.8) is 0 Å². The molecule has 5 aromatic carbocycles. The Morgan fingerprint density at radius 2 is 0.829 bits per heavy atom. The van der Waals surface area contributed by atoms with E-state index < -0.39 is 24.2 Å². The predicted molar refractivity (Wildman–Crippen MR) is 189 cm³/mol. The molecule has 0 bridgehead atoms. The fourth-order valence-corrected chi connectivity index (χ4v) is 15.6. The lowest BCUT2D eigenvalue weighted by molar-refractivity contribution is 1.28. The zero-order valence-electron chi connectivity index (χ0n) is 25.7. The van der Waals surface area contributed by atoms with E-state index in [4.69, 9.17) is 0 Å². The molecule has 0 saturated carbocycles. The average Bonchev–Trinajstić information content (AvgIpc) is 3.31. The monoisotopic (exact) mass is 582 g/mol. The third-order valence-electron chi connectivity index (χ3n) is 8.96. The number of fused-ring (bicyclic) bond motifs is 3. The Labute approximate surface area is 250 Å². The van der Waals surface area contributed by atoms with Gasteiger partial charge in [-0.05, 0) is 56.3 Å². The highest BCUT2D eigenvalue weighted by Gasteiger charge is 2.43. The van der Waals surface area contributed by atoms with Crippen molar-refractivity contribution >= 4 is 55.3 Å². The summed E-state index contributed by atoms with van der Waals surface area (Å²) in [5.74, 6) is 0. The zero-order chi connectivity index (χ0) is 29.0. The van der Waals surface area contributed by atoms with Crippen LogP contribution in [0.4, 0.5) is 0 Å². The van der Waals surface area contributed by atoms with Gasteiger partial charge >= 0.3 is 0 Å². The van der Waals surface area contributed by atoms with Crippen LogP contribution in [0.2, 0.25) is 39.3 Å². The maximum atomic E-state index is 2.68. The Hall–Kier alpha value is -3.25. The van der Waals surface area contributed by atoms with Crippen LogP contribution < -0.4 is 31.1 Å². The molecule has 0 aliphatic heterocycles. The number of rotatable bonds is 6. The summed E-state index contributed by atoms with van der Waals surface area (Å²) < 4.78 is 0. The molecule has 0 atom stereocenters. The first kappa shape index (κ1) is 27.9. The summed E-state index contributed by atoms with van der Waals surface area (Å²) in [5, 5.41) is 9.14. The maximum absolute atomic E-state index is 2.68. The fourth-order valence-electron chi connectivity index (χ4n) is 7.15. The number of hydrogen-bond donors (Lipinski definition) is 0. The molecule has 41 heavy (non-hydrogen) atoms. The summed E-state index contributed by atoms with van der Waals surface area (Å²) in [7, 11) is -5.81. The van der Waals surface area contributed by atoms with Gasteiger partial charge in [0.2, 0.25) is 0 Å². The van der Waals surface area contributed by atoms with E-state index in [0.717, 1.165) is 6.42 Å². The second-order valence-electron chi connectivity index (χ2n) is 13.9. The molecule has 0 unspecified atom stereocenters. The van der Waals surface area contributed by atoms with Gasteiger partial charge in [-0.3, -0.25) is 0 Å². The van der Waals surface area contributed by atoms with Crippen LogP contribution in [-0.4, -0.2) is 24.2 Å². The third kappa shape index (κ3) is 4.74. The summed E-state index contributed by atoms with van der Waals surface area (Å²) in [6, 6.07) is 44.5. The summed E-state index contributed by atoms with van der Waals surface area (Å²) >= 11 is 0.